The van der Waals surface area contributed by atoms with Gasteiger partial charge in [0.25, 0.3) is 0 Å². The number of nitrogens with zero attached hydrogens (tertiary/aromatic N) is 2. The van der Waals surface area contributed by atoms with Gasteiger partial charge in [-0.15, -0.1) is 0 Å². The normalized spacial score (nSPS) is 11.3. The Bertz CT molecular complexity index is 1000. The summed E-state index contributed by atoms with van der Waals surface area (Å²) >= 11 is 13.2. The van der Waals surface area contributed by atoms with Gasteiger partial charge in [-0.3, -0.25) is 0 Å². The molecule has 0 atom stereocenters. The fraction of sp³-hybridized carbons (Fsp3) is 0.176. The number of fused-ring (bicyclic) bond motifs is 1. The fourth-order valence-electron chi connectivity index (χ4n) is 2.35. The van der Waals surface area contributed by atoms with Crippen LogP contribution in [0.3, 0.4) is 0 Å². The smallest absolute Gasteiger partial charge is 0.210 e. The Balaban J connectivity index is 2.06. The number of methoxy groups -OCH3 is 3. The highest BCUT2D eigenvalue weighted by molar-refractivity contribution is 7.22. The zero-order valence-corrected chi connectivity index (χ0v) is 16.4. The fourth-order valence-corrected chi connectivity index (χ4v) is 3.59. The van der Waals surface area contributed by atoms with Gasteiger partial charge in [-0.1, -0.05) is 34.5 Å². The van der Waals surface area contributed by atoms with E-state index in [9.17, 15) is 5.11 Å². The summed E-state index contributed by atoms with van der Waals surface area (Å²) in [6, 6.07) is 4.65. The predicted molar refractivity (Wildman–Crippen MR) is 105 cm³/mol. The number of phenols is 1. The minimum absolute atomic E-state index is 0.0230. The first-order chi connectivity index (χ1) is 12.5. The number of ether oxygens (including phenoxy) is 3. The Kier molecular flexibility index (Phi) is 5.41. The lowest BCUT2D eigenvalue weighted by Gasteiger charge is -2.11. The van der Waals surface area contributed by atoms with Crippen molar-refractivity contribution in [2.24, 2.45) is 4.99 Å². The SMILES string of the molecule is COc1cc2nc(N=Cc3cc(Cl)c(Cl)cc3O)sc2c(OC)c1OC. The van der Waals surface area contributed by atoms with Crippen molar-refractivity contribution in [2.75, 3.05) is 21.3 Å². The van der Waals surface area contributed by atoms with Crippen molar-refractivity contribution in [3.63, 3.8) is 0 Å². The van der Waals surface area contributed by atoms with Crippen LogP contribution in [-0.2, 0) is 0 Å². The first kappa shape index (κ1) is 18.6. The Morgan fingerprint density at radius 3 is 2.38 bits per heavy atom. The number of rotatable bonds is 5. The highest BCUT2D eigenvalue weighted by Crippen LogP contribution is 2.46. The highest BCUT2D eigenvalue weighted by atomic mass is 35.5. The van der Waals surface area contributed by atoms with Crippen molar-refractivity contribution in [3.8, 4) is 23.0 Å². The molecule has 1 aromatic heterocycles. The topological polar surface area (TPSA) is 73.2 Å². The standard InChI is InChI=1S/C17H14Cl2N2O4S/c1-23-13-6-11-16(15(25-3)14(13)24-2)26-17(21-11)20-7-8-4-9(18)10(19)5-12(8)22/h4-7,22H,1-3H3. The van der Waals surface area contributed by atoms with Gasteiger partial charge in [0, 0.05) is 23.9 Å². The Hall–Kier alpha value is -2.22. The molecule has 6 nitrogen and oxygen atoms in total. The van der Waals surface area contributed by atoms with Crippen LogP contribution in [0.1, 0.15) is 5.56 Å². The van der Waals surface area contributed by atoms with Crippen LogP contribution in [0.4, 0.5) is 5.13 Å². The highest BCUT2D eigenvalue weighted by Gasteiger charge is 2.19. The number of aromatic hydroxyl groups is 1. The zero-order valence-electron chi connectivity index (χ0n) is 14.0. The van der Waals surface area contributed by atoms with Crippen LogP contribution in [0.2, 0.25) is 10.0 Å². The summed E-state index contributed by atoms with van der Waals surface area (Å²) in [5.41, 5.74) is 1.09. The number of thiazole rings is 1. The van der Waals surface area contributed by atoms with E-state index >= 15 is 0 Å². The van der Waals surface area contributed by atoms with Crippen molar-refractivity contribution in [2.45, 2.75) is 0 Å². The number of aromatic nitrogens is 1. The molecule has 1 heterocycles. The predicted octanol–water partition coefficient (Wildman–Crippen LogP) is 5.09. The van der Waals surface area contributed by atoms with Gasteiger partial charge in [0.15, 0.2) is 11.5 Å². The second kappa shape index (κ2) is 7.57. The molecule has 3 rings (SSSR count). The van der Waals surface area contributed by atoms with Gasteiger partial charge in [0.2, 0.25) is 10.9 Å². The van der Waals surface area contributed by atoms with Gasteiger partial charge < -0.3 is 19.3 Å². The maximum Gasteiger partial charge on any atom is 0.210 e. The number of benzene rings is 2. The average molecular weight is 413 g/mol. The third kappa shape index (κ3) is 3.38. The quantitative estimate of drug-likeness (QED) is 0.591. The summed E-state index contributed by atoms with van der Waals surface area (Å²) < 4.78 is 16.9. The first-order valence-corrected chi connectivity index (χ1v) is 8.87. The largest absolute Gasteiger partial charge is 0.507 e. The molecule has 0 bridgehead atoms. The molecule has 3 aromatic rings. The molecule has 0 aliphatic carbocycles. The molecule has 1 N–H and O–H groups in total. The third-order valence-electron chi connectivity index (χ3n) is 3.56. The molecule has 0 saturated carbocycles. The van der Waals surface area contributed by atoms with E-state index < -0.39 is 0 Å². The third-order valence-corrected chi connectivity index (χ3v) is 5.26. The molecule has 0 fully saturated rings. The van der Waals surface area contributed by atoms with Gasteiger partial charge in [0.1, 0.15) is 10.4 Å². The van der Waals surface area contributed by atoms with Gasteiger partial charge in [-0.25, -0.2) is 9.98 Å². The average Bonchev–Trinajstić information content (AvgIpc) is 3.04. The van der Waals surface area contributed by atoms with E-state index in [1.807, 2.05) is 0 Å². The zero-order chi connectivity index (χ0) is 18.8. The van der Waals surface area contributed by atoms with E-state index in [1.165, 1.54) is 29.7 Å². The molecular formula is C17H14Cl2N2O4S. The molecule has 0 aliphatic heterocycles. The molecule has 0 unspecified atom stereocenters. The molecule has 0 amide bonds. The molecule has 9 heteroatoms. The second-order valence-corrected chi connectivity index (χ2v) is 6.87. The molecule has 2 aromatic carbocycles. The number of hydrogen-bond acceptors (Lipinski definition) is 7. The van der Waals surface area contributed by atoms with Crippen LogP contribution in [-0.4, -0.2) is 37.6 Å². The van der Waals surface area contributed by atoms with E-state index in [0.717, 1.165) is 4.70 Å². The van der Waals surface area contributed by atoms with E-state index in [1.54, 1.807) is 27.4 Å². The maximum absolute atomic E-state index is 9.95. The van der Waals surface area contributed by atoms with Gasteiger partial charge in [-0.2, -0.15) is 0 Å². The van der Waals surface area contributed by atoms with Gasteiger partial charge in [-0.05, 0) is 6.07 Å². The number of halogens is 2. The van der Waals surface area contributed by atoms with Gasteiger partial charge in [0.05, 0.1) is 36.9 Å². The van der Waals surface area contributed by atoms with E-state index in [0.29, 0.717) is 38.5 Å². The van der Waals surface area contributed by atoms with Crippen molar-refractivity contribution in [3.05, 3.63) is 33.8 Å². The van der Waals surface area contributed by atoms with Crippen molar-refractivity contribution in [1.29, 1.82) is 0 Å². The van der Waals surface area contributed by atoms with Crippen LogP contribution in [0.5, 0.6) is 23.0 Å². The van der Waals surface area contributed by atoms with E-state index in [2.05, 4.69) is 9.98 Å². The van der Waals surface area contributed by atoms with Crippen LogP contribution < -0.4 is 14.2 Å². The molecule has 0 spiro atoms. The summed E-state index contributed by atoms with van der Waals surface area (Å²) in [5.74, 6) is 1.51. The Morgan fingerprint density at radius 1 is 1.04 bits per heavy atom. The molecular weight excluding hydrogens is 399 g/mol. The van der Waals surface area contributed by atoms with Crippen LogP contribution >= 0.6 is 34.5 Å². The van der Waals surface area contributed by atoms with E-state index in [-0.39, 0.29) is 10.8 Å². The summed E-state index contributed by atoms with van der Waals surface area (Å²) in [4.78, 5) is 8.77. The van der Waals surface area contributed by atoms with Gasteiger partial charge >= 0.3 is 0 Å². The lowest BCUT2D eigenvalue weighted by molar-refractivity contribution is 0.327. The van der Waals surface area contributed by atoms with Crippen LogP contribution in [0.15, 0.2) is 23.2 Å². The minimum Gasteiger partial charge on any atom is -0.507 e. The molecule has 136 valence electrons. The number of phenolic OH excluding ortho intramolecular Hbond substituents is 1. The summed E-state index contributed by atoms with van der Waals surface area (Å²) in [5, 5.41) is 11.0. The molecule has 26 heavy (non-hydrogen) atoms. The van der Waals surface area contributed by atoms with Crippen molar-refractivity contribution in [1.82, 2.24) is 4.98 Å². The van der Waals surface area contributed by atoms with E-state index in [4.69, 9.17) is 37.4 Å². The second-order valence-electron chi connectivity index (χ2n) is 5.07. The summed E-state index contributed by atoms with van der Waals surface area (Å²) in [7, 11) is 4.63. The first-order valence-electron chi connectivity index (χ1n) is 7.30. The minimum atomic E-state index is -0.0230. The number of hydrogen-bond donors (Lipinski definition) is 1. The van der Waals surface area contributed by atoms with Crippen LogP contribution in [0.25, 0.3) is 10.2 Å². The van der Waals surface area contributed by atoms with Crippen molar-refractivity contribution >= 4 is 56.1 Å². The summed E-state index contributed by atoms with van der Waals surface area (Å²) in [6.45, 7) is 0. The lowest BCUT2D eigenvalue weighted by Crippen LogP contribution is -1.94. The van der Waals surface area contributed by atoms with Crippen LogP contribution in [0, 0.1) is 0 Å². The Labute approximate surface area is 163 Å². The number of aliphatic imine (C=N–C) groups is 1. The monoisotopic (exact) mass is 412 g/mol. The van der Waals surface area contributed by atoms with Crippen molar-refractivity contribution < 1.29 is 19.3 Å². The lowest BCUT2D eigenvalue weighted by atomic mass is 10.2. The molecule has 0 radical (unpaired) electrons. The maximum atomic E-state index is 9.95. The summed E-state index contributed by atoms with van der Waals surface area (Å²) in [6.07, 6.45) is 1.47. The molecule has 0 saturated heterocycles. The molecule has 0 aliphatic rings. The Morgan fingerprint density at radius 2 is 1.73 bits per heavy atom.